The lowest BCUT2D eigenvalue weighted by atomic mass is 10.1. The van der Waals surface area contributed by atoms with Gasteiger partial charge in [-0.2, -0.15) is 0 Å². The number of aryl methyl sites for hydroxylation is 1. The molecule has 1 heterocycles. The van der Waals surface area contributed by atoms with Crippen LogP contribution < -0.4 is 5.73 Å². The fourth-order valence-electron chi connectivity index (χ4n) is 1.43. The maximum Gasteiger partial charge on any atom is 0.128 e. The Morgan fingerprint density at radius 3 is 3.00 bits per heavy atom. The number of aromatic nitrogens is 1. The normalized spacial score (nSPS) is 10.4. The van der Waals surface area contributed by atoms with Gasteiger partial charge in [0.05, 0.1) is 0 Å². The minimum atomic E-state index is 0.451. The average Bonchev–Trinajstić information content (AvgIpc) is 2.65. The van der Waals surface area contributed by atoms with Crippen LogP contribution >= 0.6 is 0 Å². The van der Waals surface area contributed by atoms with Gasteiger partial charge in [0.15, 0.2) is 0 Å². The molecule has 72 valence electrons. The van der Waals surface area contributed by atoms with Crippen LogP contribution in [-0.2, 0) is 6.54 Å². The van der Waals surface area contributed by atoms with Crippen LogP contribution in [0.3, 0.4) is 0 Å². The molecule has 3 heteroatoms. The quantitative estimate of drug-likeness (QED) is 0.785. The molecule has 0 unspecified atom stereocenters. The lowest BCUT2D eigenvalue weighted by Crippen LogP contribution is -1.96. The van der Waals surface area contributed by atoms with E-state index in [0.29, 0.717) is 6.54 Å². The summed E-state index contributed by atoms with van der Waals surface area (Å²) in [5.74, 6) is 0. The first kappa shape index (κ1) is 8.97. The summed E-state index contributed by atoms with van der Waals surface area (Å²) < 4.78 is 4.90. The average molecular weight is 188 g/mol. The van der Waals surface area contributed by atoms with Gasteiger partial charge in [0.25, 0.3) is 0 Å². The Balaban J connectivity index is 2.49. The first-order valence-electron chi connectivity index (χ1n) is 4.51. The van der Waals surface area contributed by atoms with E-state index in [1.54, 1.807) is 6.26 Å². The van der Waals surface area contributed by atoms with Gasteiger partial charge >= 0.3 is 0 Å². The summed E-state index contributed by atoms with van der Waals surface area (Å²) in [5, 5.41) is 3.94. The molecule has 2 aromatic rings. The lowest BCUT2D eigenvalue weighted by Gasteiger charge is -1.99. The van der Waals surface area contributed by atoms with E-state index in [1.165, 1.54) is 5.56 Å². The van der Waals surface area contributed by atoms with Crippen molar-refractivity contribution in [2.75, 3.05) is 0 Å². The third-order valence-electron chi connectivity index (χ3n) is 2.15. The minimum absolute atomic E-state index is 0.451. The van der Waals surface area contributed by atoms with Gasteiger partial charge in [0.1, 0.15) is 12.0 Å². The summed E-state index contributed by atoms with van der Waals surface area (Å²) in [4.78, 5) is 0. The molecule has 0 fully saturated rings. The number of hydrogen-bond donors (Lipinski definition) is 1. The van der Waals surface area contributed by atoms with Gasteiger partial charge in [-0.3, -0.25) is 0 Å². The molecule has 14 heavy (non-hydrogen) atoms. The van der Waals surface area contributed by atoms with Crippen LogP contribution in [0.25, 0.3) is 11.3 Å². The highest BCUT2D eigenvalue weighted by Crippen LogP contribution is 2.22. The molecule has 0 saturated heterocycles. The van der Waals surface area contributed by atoms with Crippen molar-refractivity contribution in [1.29, 1.82) is 0 Å². The van der Waals surface area contributed by atoms with Gasteiger partial charge in [0.2, 0.25) is 0 Å². The highest BCUT2D eigenvalue weighted by molar-refractivity contribution is 5.62. The van der Waals surface area contributed by atoms with Crippen molar-refractivity contribution >= 4 is 0 Å². The molecule has 0 atom stereocenters. The molecule has 3 nitrogen and oxygen atoms in total. The Bertz CT molecular complexity index is 434. The zero-order chi connectivity index (χ0) is 9.97. The number of rotatable bonds is 2. The maximum atomic E-state index is 5.57. The lowest BCUT2D eigenvalue weighted by molar-refractivity contribution is 0.421. The molecule has 0 aliphatic carbocycles. The van der Waals surface area contributed by atoms with Crippen molar-refractivity contribution in [3.05, 3.63) is 41.7 Å². The molecule has 0 aliphatic rings. The van der Waals surface area contributed by atoms with Crippen LogP contribution in [0.1, 0.15) is 11.1 Å². The monoisotopic (exact) mass is 188 g/mol. The van der Waals surface area contributed by atoms with E-state index < -0.39 is 0 Å². The Morgan fingerprint density at radius 1 is 1.43 bits per heavy atom. The molecule has 0 radical (unpaired) electrons. The number of nitrogens with zero attached hydrogens (tertiary/aromatic N) is 1. The third kappa shape index (κ3) is 1.54. The van der Waals surface area contributed by atoms with Crippen molar-refractivity contribution < 1.29 is 4.52 Å². The topological polar surface area (TPSA) is 52.0 Å². The molecule has 2 rings (SSSR count). The summed E-state index contributed by atoms with van der Waals surface area (Å²) >= 11 is 0. The van der Waals surface area contributed by atoms with Gasteiger partial charge < -0.3 is 10.3 Å². The standard InChI is InChI=1S/C11H12N2O/c1-8-3-2-4-9(5-8)11-10(6-12)7-14-13-11/h2-5,7H,6,12H2,1H3. The molecule has 1 aromatic heterocycles. The summed E-state index contributed by atoms with van der Waals surface area (Å²) in [6.45, 7) is 2.50. The highest BCUT2D eigenvalue weighted by Gasteiger charge is 2.07. The Kier molecular flexibility index (Phi) is 2.33. The van der Waals surface area contributed by atoms with E-state index in [2.05, 4.69) is 11.2 Å². The first-order valence-corrected chi connectivity index (χ1v) is 4.51. The van der Waals surface area contributed by atoms with Crippen LogP contribution in [0.5, 0.6) is 0 Å². The van der Waals surface area contributed by atoms with Gasteiger partial charge in [-0.15, -0.1) is 0 Å². The predicted molar refractivity (Wildman–Crippen MR) is 54.6 cm³/mol. The molecular weight excluding hydrogens is 176 g/mol. The van der Waals surface area contributed by atoms with E-state index in [9.17, 15) is 0 Å². The van der Waals surface area contributed by atoms with Crippen molar-refractivity contribution in [3.63, 3.8) is 0 Å². The van der Waals surface area contributed by atoms with Gasteiger partial charge in [-0.1, -0.05) is 28.9 Å². The zero-order valence-corrected chi connectivity index (χ0v) is 8.03. The second-order valence-corrected chi connectivity index (χ2v) is 3.26. The Labute approximate surface area is 82.5 Å². The van der Waals surface area contributed by atoms with E-state index in [1.807, 2.05) is 25.1 Å². The van der Waals surface area contributed by atoms with Crippen LogP contribution in [0, 0.1) is 6.92 Å². The fourth-order valence-corrected chi connectivity index (χ4v) is 1.43. The van der Waals surface area contributed by atoms with E-state index in [4.69, 9.17) is 10.3 Å². The second kappa shape index (κ2) is 3.64. The molecular formula is C11H12N2O. The van der Waals surface area contributed by atoms with E-state index >= 15 is 0 Å². The zero-order valence-electron chi connectivity index (χ0n) is 8.03. The Hall–Kier alpha value is -1.61. The molecule has 0 amide bonds. The first-order chi connectivity index (χ1) is 6.81. The molecule has 0 spiro atoms. The van der Waals surface area contributed by atoms with E-state index in [0.717, 1.165) is 16.8 Å². The smallest absolute Gasteiger partial charge is 0.128 e. The largest absolute Gasteiger partial charge is 0.364 e. The van der Waals surface area contributed by atoms with Gasteiger partial charge in [0, 0.05) is 17.7 Å². The minimum Gasteiger partial charge on any atom is -0.364 e. The van der Waals surface area contributed by atoms with Crippen molar-refractivity contribution in [2.45, 2.75) is 13.5 Å². The SMILES string of the molecule is Cc1cccc(-c2nocc2CN)c1. The van der Waals surface area contributed by atoms with Crippen molar-refractivity contribution in [1.82, 2.24) is 5.16 Å². The third-order valence-corrected chi connectivity index (χ3v) is 2.15. The van der Waals surface area contributed by atoms with Crippen LogP contribution in [0.4, 0.5) is 0 Å². The predicted octanol–water partition coefficient (Wildman–Crippen LogP) is 2.11. The highest BCUT2D eigenvalue weighted by atomic mass is 16.5. The Morgan fingerprint density at radius 2 is 2.29 bits per heavy atom. The summed E-state index contributed by atoms with van der Waals surface area (Å²) in [5.41, 5.74) is 9.61. The maximum absolute atomic E-state index is 5.57. The molecule has 0 saturated carbocycles. The van der Waals surface area contributed by atoms with Crippen molar-refractivity contribution in [3.8, 4) is 11.3 Å². The number of hydrogen-bond acceptors (Lipinski definition) is 3. The summed E-state index contributed by atoms with van der Waals surface area (Å²) in [7, 11) is 0. The summed E-state index contributed by atoms with van der Waals surface area (Å²) in [6.07, 6.45) is 1.59. The molecule has 1 aromatic carbocycles. The number of nitrogens with two attached hydrogens (primary N) is 1. The number of benzene rings is 1. The van der Waals surface area contributed by atoms with Crippen LogP contribution in [-0.4, -0.2) is 5.16 Å². The summed E-state index contributed by atoms with van der Waals surface area (Å²) in [6, 6.07) is 8.12. The van der Waals surface area contributed by atoms with Gasteiger partial charge in [-0.05, 0) is 13.0 Å². The van der Waals surface area contributed by atoms with Crippen LogP contribution in [0.15, 0.2) is 35.1 Å². The molecule has 2 N–H and O–H groups in total. The van der Waals surface area contributed by atoms with Crippen LogP contribution in [0.2, 0.25) is 0 Å². The van der Waals surface area contributed by atoms with Crippen molar-refractivity contribution in [2.24, 2.45) is 5.73 Å². The second-order valence-electron chi connectivity index (χ2n) is 3.26. The van der Waals surface area contributed by atoms with Gasteiger partial charge in [-0.25, -0.2) is 0 Å². The molecule has 0 aliphatic heterocycles. The fraction of sp³-hybridized carbons (Fsp3) is 0.182. The molecule has 0 bridgehead atoms. The van der Waals surface area contributed by atoms with E-state index in [-0.39, 0.29) is 0 Å².